The maximum Gasteiger partial charge on any atom is 0.343 e. The van der Waals surface area contributed by atoms with Crippen LogP contribution in [0.3, 0.4) is 0 Å². The van der Waals surface area contributed by atoms with Crippen LogP contribution >= 0.6 is 11.6 Å². The third-order valence-corrected chi connectivity index (χ3v) is 7.38. The van der Waals surface area contributed by atoms with Gasteiger partial charge in [-0.3, -0.25) is 9.59 Å². The number of anilines is 2. The van der Waals surface area contributed by atoms with Crippen LogP contribution in [-0.2, 0) is 14.3 Å². The van der Waals surface area contributed by atoms with E-state index in [0.717, 1.165) is 6.07 Å². The zero-order valence-electron chi connectivity index (χ0n) is 24.8. The highest BCUT2D eigenvalue weighted by molar-refractivity contribution is 6.36. The molecule has 1 heterocycles. The molecule has 0 bridgehead atoms. The predicted molar refractivity (Wildman–Crippen MR) is 161 cm³/mol. The summed E-state index contributed by atoms with van der Waals surface area (Å²) < 4.78 is 36.2. The Balaban J connectivity index is 1.76. The number of piperidine rings is 1. The number of nitrogens with zero attached hydrogens (tertiary/aromatic N) is 1. The van der Waals surface area contributed by atoms with Gasteiger partial charge in [-0.25, -0.2) is 9.18 Å². The molecule has 0 aromatic heterocycles. The first kappa shape index (κ1) is 31.6. The van der Waals surface area contributed by atoms with Crippen molar-refractivity contribution in [1.82, 2.24) is 0 Å². The fraction of sp³-hybridized carbons (Fsp3) is 0.344. The summed E-state index contributed by atoms with van der Waals surface area (Å²) >= 11 is 6.46. The van der Waals surface area contributed by atoms with E-state index in [1.54, 1.807) is 75.2 Å². The standard InChI is InChI=1S/C32H34ClFN2O7/c1-32(2,3)43-31(39)27-22(34)13-14-23(28(27)33)35-30(38)21-12-16-26(37)36(19-8-10-20(40-4)11-9-19)29(21)18-7-15-24(41-5)25(17-18)42-6/h7-11,13-15,17,21,29H,12,16H2,1-6H3,(H,35,38). The zero-order valence-corrected chi connectivity index (χ0v) is 25.6. The number of nitrogens with one attached hydrogen (secondary N) is 1. The molecule has 2 amide bonds. The minimum atomic E-state index is -0.955. The highest BCUT2D eigenvalue weighted by Crippen LogP contribution is 2.43. The molecule has 0 aliphatic carbocycles. The summed E-state index contributed by atoms with van der Waals surface area (Å²) in [6.45, 7) is 4.95. The second kappa shape index (κ2) is 12.9. The molecule has 4 rings (SSSR count). The number of halogens is 2. The Kier molecular flexibility index (Phi) is 9.49. The van der Waals surface area contributed by atoms with E-state index in [-0.39, 0.29) is 29.5 Å². The molecule has 1 N–H and O–H groups in total. The average molecular weight is 613 g/mol. The molecule has 9 nitrogen and oxygen atoms in total. The molecule has 3 aromatic carbocycles. The molecule has 3 aromatic rings. The normalized spacial score (nSPS) is 16.8. The van der Waals surface area contributed by atoms with Crippen molar-refractivity contribution in [3.8, 4) is 17.2 Å². The average Bonchev–Trinajstić information content (AvgIpc) is 2.97. The summed E-state index contributed by atoms with van der Waals surface area (Å²) in [7, 11) is 4.56. The number of ether oxygens (including phenoxy) is 4. The third kappa shape index (κ3) is 6.85. The molecule has 1 fully saturated rings. The number of esters is 1. The van der Waals surface area contributed by atoms with Gasteiger partial charge in [-0.15, -0.1) is 0 Å². The van der Waals surface area contributed by atoms with Crippen molar-refractivity contribution in [1.29, 1.82) is 0 Å². The summed E-state index contributed by atoms with van der Waals surface area (Å²) in [6, 6.07) is 13.7. The summed E-state index contributed by atoms with van der Waals surface area (Å²) in [5.41, 5.74) is -0.146. The van der Waals surface area contributed by atoms with Gasteiger partial charge in [-0.2, -0.15) is 0 Å². The Hall–Kier alpha value is -4.31. The van der Waals surface area contributed by atoms with Crippen molar-refractivity contribution in [2.24, 2.45) is 5.92 Å². The van der Waals surface area contributed by atoms with E-state index in [1.807, 2.05) is 0 Å². The Morgan fingerprint density at radius 1 is 0.953 bits per heavy atom. The maximum atomic E-state index is 14.7. The largest absolute Gasteiger partial charge is 0.497 e. The molecule has 2 atom stereocenters. The van der Waals surface area contributed by atoms with Crippen LogP contribution in [0, 0.1) is 11.7 Å². The van der Waals surface area contributed by atoms with Crippen LogP contribution in [0.1, 0.15) is 55.6 Å². The number of benzene rings is 3. The molecule has 2 unspecified atom stereocenters. The SMILES string of the molecule is COc1ccc(N2C(=O)CCC(C(=O)Nc3ccc(F)c(C(=O)OC(C)(C)C)c3Cl)C2c2ccc(OC)c(OC)c2)cc1. The Labute approximate surface area is 254 Å². The van der Waals surface area contributed by atoms with Crippen molar-refractivity contribution in [2.75, 3.05) is 31.5 Å². The van der Waals surface area contributed by atoms with Gasteiger partial charge in [-0.05, 0) is 81.3 Å². The number of carbonyl (C=O) groups excluding carboxylic acids is 3. The van der Waals surface area contributed by atoms with Crippen molar-refractivity contribution in [3.63, 3.8) is 0 Å². The highest BCUT2D eigenvalue weighted by Gasteiger charge is 2.42. The zero-order chi connectivity index (χ0) is 31.5. The summed E-state index contributed by atoms with van der Waals surface area (Å²) in [6.07, 6.45) is 0.308. The maximum absolute atomic E-state index is 14.7. The van der Waals surface area contributed by atoms with Crippen molar-refractivity contribution < 1.29 is 37.7 Å². The van der Waals surface area contributed by atoms with Gasteiger partial charge in [0.25, 0.3) is 0 Å². The Morgan fingerprint density at radius 2 is 1.63 bits per heavy atom. The quantitative estimate of drug-likeness (QED) is 0.287. The summed E-state index contributed by atoms with van der Waals surface area (Å²) in [5, 5.41) is 2.47. The van der Waals surface area contributed by atoms with Crippen molar-refractivity contribution in [2.45, 2.75) is 45.3 Å². The first-order valence-electron chi connectivity index (χ1n) is 13.6. The van der Waals surface area contributed by atoms with Crippen LogP contribution < -0.4 is 24.4 Å². The molecule has 1 aliphatic rings. The van der Waals surface area contributed by atoms with Gasteiger partial charge in [-0.1, -0.05) is 17.7 Å². The smallest absolute Gasteiger partial charge is 0.343 e. The van der Waals surface area contributed by atoms with Gasteiger partial charge in [0.2, 0.25) is 11.8 Å². The molecule has 0 spiro atoms. The number of rotatable bonds is 8. The van der Waals surface area contributed by atoms with Crippen LogP contribution in [0.4, 0.5) is 15.8 Å². The predicted octanol–water partition coefficient (Wildman–Crippen LogP) is 6.58. The van der Waals surface area contributed by atoms with E-state index in [4.69, 9.17) is 30.5 Å². The number of hydrogen-bond acceptors (Lipinski definition) is 7. The van der Waals surface area contributed by atoms with Gasteiger partial charge < -0.3 is 29.2 Å². The number of amides is 2. The van der Waals surface area contributed by atoms with E-state index in [9.17, 15) is 18.8 Å². The molecular formula is C32H34ClFN2O7. The monoisotopic (exact) mass is 612 g/mol. The first-order chi connectivity index (χ1) is 20.4. The molecule has 11 heteroatoms. The third-order valence-electron chi connectivity index (χ3n) is 6.99. The van der Waals surface area contributed by atoms with Crippen LogP contribution in [0.5, 0.6) is 17.2 Å². The van der Waals surface area contributed by atoms with Crippen LogP contribution in [0.25, 0.3) is 0 Å². The lowest BCUT2D eigenvalue weighted by atomic mass is 9.83. The molecular weight excluding hydrogens is 579 g/mol. The molecule has 43 heavy (non-hydrogen) atoms. The lowest BCUT2D eigenvalue weighted by Gasteiger charge is -2.41. The lowest BCUT2D eigenvalue weighted by Crippen LogP contribution is -2.47. The first-order valence-corrected chi connectivity index (χ1v) is 14.0. The lowest BCUT2D eigenvalue weighted by molar-refractivity contribution is -0.126. The number of carbonyl (C=O) groups is 3. The van der Waals surface area contributed by atoms with Crippen molar-refractivity contribution >= 4 is 40.8 Å². The van der Waals surface area contributed by atoms with Crippen LogP contribution in [0.2, 0.25) is 5.02 Å². The number of methoxy groups -OCH3 is 3. The Morgan fingerprint density at radius 3 is 2.23 bits per heavy atom. The van der Waals surface area contributed by atoms with Crippen molar-refractivity contribution in [3.05, 3.63) is 76.6 Å². The second-order valence-electron chi connectivity index (χ2n) is 10.9. The van der Waals surface area contributed by atoms with Gasteiger partial charge in [0.1, 0.15) is 22.7 Å². The Bertz CT molecular complexity index is 1520. The van der Waals surface area contributed by atoms with E-state index >= 15 is 0 Å². The molecule has 1 saturated heterocycles. The minimum absolute atomic E-state index is 0.0351. The number of hydrogen-bond donors (Lipinski definition) is 1. The molecule has 0 saturated carbocycles. The van der Waals surface area contributed by atoms with Crippen LogP contribution in [0.15, 0.2) is 54.6 Å². The van der Waals surface area contributed by atoms with Gasteiger partial charge in [0.15, 0.2) is 11.5 Å². The molecule has 1 aliphatic heterocycles. The minimum Gasteiger partial charge on any atom is -0.497 e. The topological polar surface area (TPSA) is 103 Å². The van der Waals surface area contributed by atoms with E-state index in [2.05, 4.69) is 5.32 Å². The molecule has 228 valence electrons. The van der Waals surface area contributed by atoms with Crippen LogP contribution in [-0.4, -0.2) is 44.7 Å². The van der Waals surface area contributed by atoms with E-state index < -0.39 is 40.8 Å². The second-order valence-corrected chi connectivity index (χ2v) is 11.3. The molecule has 0 radical (unpaired) electrons. The summed E-state index contributed by atoms with van der Waals surface area (Å²) in [5.74, 6) is -1.75. The van der Waals surface area contributed by atoms with Gasteiger partial charge in [0.05, 0.1) is 44.0 Å². The van der Waals surface area contributed by atoms with E-state index in [1.165, 1.54) is 20.3 Å². The summed E-state index contributed by atoms with van der Waals surface area (Å²) in [4.78, 5) is 41.7. The fourth-order valence-electron chi connectivity index (χ4n) is 5.02. The van der Waals surface area contributed by atoms with Gasteiger partial charge in [0, 0.05) is 12.1 Å². The van der Waals surface area contributed by atoms with Gasteiger partial charge >= 0.3 is 5.97 Å². The van der Waals surface area contributed by atoms with E-state index in [0.29, 0.717) is 28.5 Å². The fourth-order valence-corrected chi connectivity index (χ4v) is 5.30. The highest BCUT2D eigenvalue weighted by atomic mass is 35.5.